The Morgan fingerprint density at radius 1 is 1.43 bits per heavy atom. The maximum atomic E-state index is 13.8. The number of rotatable bonds is 6. The molecule has 2 atom stereocenters. The molecule has 2 rings (SSSR count). The molecule has 6 heteroatoms. The van der Waals surface area contributed by atoms with E-state index in [1.165, 1.54) is 12.1 Å². The number of benzene rings is 1. The monoisotopic (exact) mass is 299 g/mol. The molecular weight excluding hydrogens is 280 g/mol. The van der Waals surface area contributed by atoms with Crippen LogP contribution in [0.5, 0.6) is 0 Å². The minimum Gasteiger partial charge on any atom is -0.481 e. The molecule has 0 amide bonds. The third kappa shape index (κ3) is 3.57. The first-order valence-corrected chi connectivity index (χ1v) is 7.02. The summed E-state index contributed by atoms with van der Waals surface area (Å²) in [4.78, 5) is 13.1. The van der Waals surface area contributed by atoms with Crippen LogP contribution >= 0.6 is 0 Å². The van der Waals surface area contributed by atoms with Gasteiger partial charge in [0.2, 0.25) is 0 Å². The lowest BCUT2D eigenvalue weighted by atomic mass is 10.0. The van der Waals surface area contributed by atoms with Crippen LogP contribution in [0.4, 0.5) is 8.78 Å². The second-order valence-corrected chi connectivity index (χ2v) is 5.23. The van der Waals surface area contributed by atoms with Crippen LogP contribution in [-0.4, -0.2) is 41.8 Å². The largest absolute Gasteiger partial charge is 0.481 e. The molecule has 1 N–H and O–H groups in total. The van der Waals surface area contributed by atoms with Gasteiger partial charge in [-0.25, -0.2) is 8.78 Å². The van der Waals surface area contributed by atoms with Crippen LogP contribution < -0.4 is 0 Å². The number of carboxylic acids is 1. The highest BCUT2D eigenvalue weighted by atomic mass is 19.2. The lowest BCUT2D eigenvalue weighted by Crippen LogP contribution is -2.43. The Hall–Kier alpha value is -1.53. The third-order valence-electron chi connectivity index (χ3n) is 3.75. The van der Waals surface area contributed by atoms with Crippen molar-refractivity contribution in [3.63, 3.8) is 0 Å². The summed E-state index contributed by atoms with van der Waals surface area (Å²) in [5.41, 5.74) is 0.236. The average Bonchev–Trinajstić information content (AvgIpc) is 2.92. The molecule has 1 aliphatic rings. The minimum absolute atomic E-state index is 0.159. The van der Waals surface area contributed by atoms with Gasteiger partial charge in [-0.1, -0.05) is 19.1 Å². The SMILES string of the molecule is CCCN(Cc1cccc(F)c1F)C1COCC1C(=O)O. The van der Waals surface area contributed by atoms with E-state index in [0.29, 0.717) is 13.2 Å². The lowest BCUT2D eigenvalue weighted by molar-refractivity contribution is -0.143. The fourth-order valence-corrected chi connectivity index (χ4v) is 2.68. The van der Waals surface area contributed by atoms with E-state index in [9.17, 15) is 18.7 Å². The summed E-state index contributed by atoms with van der Waals surface area (Å²) in [6.07, 6.45) is 0.791. The maximum Gasteiger partial charge on any atom is 0.310 e. The second kappa shape index (κ2) is 6.95. The van der Waals surface area contributed by atoms with Crippen molar-refractivity contribution in [3.8, 4) is 0 Å². The van der Waals surface area contributed by atoms with Gasteiger partial charge < -0.3 is 9.84 Å². The Bertz CT molecular complexity index is 510. The first kappa shape index (κ1) is 15.9. The highest BCUT2D eigenvalue weighted by Crippen LogP contribution is 2.23. The van der Waals surface area contributed by atoms with E-state index < -0.39 is 23.5 Å². The standard InChI is InChI=1S/C15H19F2NO3/c1-2-6-18(13-9-21-8-11(13)15(19)20)7-10-4-3-5-12(16)14(10)17/h3-5,11,13H,2,6-9H2,1H3,(H,19,20). The minimum atomic E-state index is -0.918. The Kier molecular flexibility index (Phi) is 5.25. The summed E-state index contributed by atoms with van der Waals surface area (Å²) >= 11 is 0. The first-order valence-electron chi connectivity index (χ1n) is 7.02. The number of hydrogen-bond acceptors (Lipinski definition) is 3. The molecule has 4 nitrogen and oxygen atoms in total. The normalized spacial score (nSPS) is 21.9. The Labute approximate surface area is 122 Å². The zero-order valence-electron chi connectivity index (χ0n) is 11.9. The number of hydrogen-bond donors (Lipinski definition) is 1. The molecule has 1 saturated heterocycles. The van der Waals surface area contributed by atoms with Crippen LogP contribution in [0.1, 0.15) is 18.9 Å². The van der Waals surface area contributed by atoms with Crippen LogP contribution in [0.3, 0.4) is 0 Å². The van der Waals surface area contributed by atoms with E-state index in [-0.39, 0.29) is 24.8 Å². The summed E-state index contributed by atoms with van der Waals surface area (Å²) in [5.74, 6) is -3.31. The van der Waals surface area contributed by atoms with Crippen LogP contribution in [0, 0.1) is 17.6 Å². The third-order valence-corrected chi connectivity index (χ3v) is 3.75. The summed E-state index contributed by atoms with van der Waals surface area (Å²) in [7, 11) is 0. The van der Waals surface area contributed by atoms with Crippen LogP contribution in [0.15, 0.2) is 18.2 Å². The van der Waals surface area contributed by atoms with Gasteiger partial charge in [-0.05, 0) is 19.0 Å². The van der Waals surface area contributed by atoms with Crippen molar-refractivity contribution >= 4 is 5.97 Å². The lowest BCUT2D eigenvalue weighted by Gasteiger charge is -2.30. The van der Waals surface area contributed by atoms with Gasteiger partial charge in [-0.3, -0.25) is 9.69 Å². The zero-order chi connectivity index (χ0) is 15.4. The van der Waals surface area contributed by atoms with Crippen molar-refractivity contribution in [2.75, 3.05) is 19.8 Å². The maximum absolute atomic E-state index is 13.8. The van der Waals surface area contributed by atoms with Crippen molar-refractivity contribution in [2.24, 2.45) is 5.92 Å². The number of carbonyl (C=O) groups is 1. The summed E-state index contributed by atoms with van der Waals surface area (Å²) < 4.78 is 32.3. The average molecular weight is 299 g/mol. The summed E-state index contributed by atoms with van der Waals surface area (Å²) in [6, 6.07) is 3.73. The van der Waals surface area contributed by atoms with Gasteiger partial charge in [-0.2, -0.15) is 0 Å². The van der Waals surface area contributed by atoms with Gasteiger partial charge in [-0.15, -0.1) is 0 Å². The number of nitrogens with zero attached hydrogens (tertiary/aromatic N) is 1. The molecule has 116 valence electrons. The molecule has 0 radical (unpaired) electrons. The van der Waals surface area contributed by atoms with Gasteiger partial charge in [0.25, 0.3) is 0 Å². The van der Waals surface area contributed by atoms with Crippen molar-refractivity contribution in [1.29, 1.82) is 0 Å². The molecule has 21 heavy (non-hydrogen) atoms. The van der Waals surface area contributed by atoms with Gasteiger partial charge in [0.15, 0.2) is 11.6 Å². The van der Waals surface area contributed by atoms with E-state index in [1.54, 1.807) is 0 Å². The predicted molar refractivity (Wildman–Crippen MR) is 72.8 cm³/mol. The van der Waals surface area contributed by atoms with Crippen LogP contribution in [0.25, 0.3) is 0 Å². The van der Waals surface area contributed by atoms with Crippen LogP contribution in [-0.2, 0) is 16.1 Å². The van der Waals surface area contributed by atoms with Crippen molar-refractivity contribution in [1.82, 2.24) is 4.90 Å². The van der Waals surface area contributed by atoms with E-state index >= 15 is 0 Å². The smallest absolute Gasteiger partial charge is 0.310 e. The van der Waals surface area contributed by atoms with Gasteiger partial charge in [0, 0.05) is 18.2 Å². The van der Waals surface area contributed by atoms with Gasteiger partial charge in [0.05, 0.1) is 19.1 Å². The molecule has 0 spiro atoms. The van der Waals surface area contributed by atoms with Crippen molar-refractivity contribution in [2.45, 2.75) is 25.9 Å². The van der Waals surface area contributed by atoms with E-state index in [0.717, 1.165) is 12.5 Å². The Morgan fingerprint density at radius 3 is 2.86 bits per heavy atom. The molecule has 1 aromatic carbocycles. The van der Waals surface area contributed by atoms with Crippen LogP contribution in [0.2, 0.25) is 0 Å². The topological polar surface area (TPSA) is 49.8 Å². The number of carboxylic acid groups (broad SMARTS) is 1. The van der Waals surface area contributed by atoms with E-state index in [4.69, 9.17) is 4.74 Å². The fraction of sp³-hybridized carbons (Fsp3) is 0.533. The quantitative estimate of drug-likeness (QED) is 0.875. The van der Waals surface area contributed by atoms with Gasteiger partial charge >= 0.3 is 5.97 Å². The molecule has 0 bridgehead atoms. The summed E-state index contributed by atoms with van der Waals surface area (Å²) in [5, 5.41) is 9.22. The predicted octanol–water partition coefficient (Wildman–Crippen LogP) is 2.28. The molecule has 1 heterocycles. The highest BCUT2D eigenvalue weighted by Gasteiger charge is 2.37. The van der Waals surface area contributed by atoms with E-state index in [2.05, 4.69) is 0 Å². The second-order valence-electron chi connectivity index (χ2n) is 5.23. The number of halogens is 2. The molecule has 1 aliphatic heterocycles. The molecule has 0 aliphatic carbocycles. The first-order chi connectivity index (χ1) is 10.0. The van der Waals surface area contributed by atoms with Crippen molar-refractivity contribution in [3.05, 3.63) is 35.4 Å². The number of ether oxygens (including phenoxy) is 1. The number of aliphatic carboxylic acids is 1. The summed E-state index contributed by atoms with van der Waals surface area (Å²) in [6.45, 7) is 3.20. The highest BCUT2D eigenvalue weighted by molar-refractivity contribution is 5.71. The molecule has 1 aromatic rings. The Morgan fingerprint density at radius 2 is 2.19 bits per heavy atom. The molecule has 0 aromatic heterocycles. The molecular formula is C15H19F2NO3. The Balaban J connectivity index is 2.19. The zero-order valence-corrected chi connectivity index (χ0v) is 11.9. The molecule has 0 saturated carbocycles. The molecule has 1 fully saturated rings. The fourth-order valence-electron chi connectivity index (χ4n) is 2.68. The molecule has 2 unspecified atom stereocenters. The van der Waals surface area contributed by atoms with Gasteiger partial charge in [0.1, 0.15) is 0 Å². The van der Waals surface area contributed by atoms with E-state index in [1.807, 2.05) is 11.8 Å². The van der Waals surface area contributed by atoms with Crippen molar-refractivity contribution < 1.29 is 23.4 Å².